The van der Waals surface area contributed by atoms with Crippen molar-refractivity contribution in [3.63, 3.8) is 0 Å². The van der Waals surface area contributed by atoms with Crippen LogP contribution < -0.4 is 10.2 Å². The molecule has 2 rings (SSSR count). The highest BCUT2D eigenvalue weighted by molar-refractivity contribution is 5.81. The first kappa shape index (κ1) is 15.5. The predicted molar refractivity (Wildman–Crippen MR) is 84.9 cm³/mol. The molecular weight excluding hydrogens is 266 g/mol. The number of aromatic nitrogens is 2. The van der Waals surface area contributed by atoms with Gasteiger partial charge in [-0.3, -0.25) is 4.79 Å². The van der Waals surface area contributed by atoms with E-state index in [9.17, 15) is 4.79 Å². The number of nitrogens with one attached hydrogen (secondary N) is 1. The van der Waals surface area contributed by atoms with Gasteiger partial charge in [0.2, 0.25) is 5.91 Å². The number of rotatable bonds is 6. The van der Waals surface area contributed by atoms with E-state index in [1.165, 1.54) is 0 Å². The number of hydrogen-bond donors (Lipinski definition) is 1. The summed E-state index contributed by atoms with van der Waals surface area (Å²) in [7, 11) is 5.44. The summed E-state index contributed by atoms with van der Waals surface area (Å²) in [6.45, 7) is 5.19. The second-order valence-electron chi connectivity index (χ2n) is 5.83. The number of amides is 1. The molecule has 0 spiro atoms. The normalized spacial score (nSPS) is 14.0. The van der Waals surface area contributed by atoms with Crippen molar-refractivity contribution in [2.24, 2.45) is 0 Å². The molecule has 1 aromatic rings. The fourth-order valence-electron chi connectivity index (χ4n) is 2.18. The van der Waals surface area contributed by atoms with Gasteiger partial charge in [-0.15, -0.1) is 0 Å². The lowest BCUT2D eigenvalue weighted by molar-refractivity contribution is -0.127. The Kier molecular flexibility index (Phi) is 4.65. The van der Waals surface area contributed by atoms with Crippen LogP contribution in [0.5, 0.6) is 0 Å². The molecule has 1 saturated carbocycles. The number of hydrogen-bond acceptors (Lipinski definition) is 5. The molecule has 0 aliphatic heterocycles. The van der Waals surface area contributed by atoms with Crippen LogP contribution in [0.25, 0.3) is 0 Å². The van der Waals surface area contributed by atoms with Crippen LogP contribution in [0, 0.1) is 6.92 Å². The van der Waals surface area contributed by atoms with Crippen LogP contribution in [0.15, 0.2) is 0 Å². The fourth-order valence-corrected chi connectivity index (χ4v) is 2.18. The molecular formula is C15H25N5O. The summed E-state index contributed by atoms with van der Waals surface area (Å²) < 4.78 is 0. The number of anilines is 2. The van der Waals surface area contributed by atoms with Crippen LogP contribution in [0.3, 0.4) is 0 Å². The fraction of sp³-hybridized carbons (Fsp3) is 0.667. The van der Waals surface area contributed by atoms with Gasteiger partial charge < -0.3 is 15.1 Å². The summed E-state index contributed by atoms with van der Waals surface area (Å²) in [5.41, 5.74) is 0.996. The summed E-state index contributed by atoms with van der Waals surface area (Å²) in [5.74, 6) is 3.18. The topological polar surface area (TPSA) is 61.4 Å². The van der Waals surface area contributed by atoms with Crippen LogP contribution in [-0.4, -0.2) is 55.0 Å². The summed E-state index contributed by atoms with van der Waals surface area (Å²) >= 11 is 0. The van der Waals surface area contributed by atoms with Crippen LogP contribution in [0.4, 0.5) is 11.6 Å². The lowest BCUT2D eigenvalue weighted by atomic mass is 10.2. The molecule has 0 atom stereocenters. The second-order valence-corrected chi connectivity index (χ2v) is 5.83. The summed E-state index contributed by atoms with van der Waals surface area (Å²) in [6.07, 6.45) is 2.32. The Hall–Kier alpha value is -1.85. The van der Waals surface area contributed by atoms with E-state index in [1.54, 1.807) is 19.0 Å². The molecule has 21 heavy (non-hydrogen) atoms. The number of carbonyl (C=O) groups is 1. The first-order valence-corrected chi connectivity index (χ1v) is 7.47. The van der Waals surface area contributed by atoms with Crippen molar-refractivity contribution >= 4 is 17.5 Å². The highest BCUT2D eigenvalue weighted by Crippen LogP contribution is 2.39. The second kappa shape index (κ2) is 6.28. The zero-order valence-electron chi connectivity index (χ0n) is 13.6. The molecule has 0 saturated heterocycles. The van der Waals surface area contributed by atoms with Crippen LogP contribution in [0.2, 0.25) is 0 Å². The third-order valence-corrected chi connectivity index (χ3v) is 3.66. The summed E-state index contributed by atoms with van der Waals surface area (Å²) in [5, 5.41) is 3.30. The quantitative estimate of drug-likeness (QED) is 0.863. The van der Waals surface area contributed by atoms with Crippen molar-refractivity contribution < 1.29 is 4.79 Å². The summed E-state index contributed by atoms with van der Waals surface area (Å²) in [6, 6.07) is 0. The van der Waals surface area contributed by atoms with Crippen molar-refractivity contribution in [3.05, 3.63) is 11.4 Å². The van der Waals surface area contributed by atoms with Gasteiger partial charge in [0.15, 0.2) is 0 Å². The SMILES string of the molecule is CCNc1nc(C2CC2)nc(N(C)CC(=O)N(C)C)c1C. The zero-order valence-corrected chi connectivity index (χ0v) is 13.6. The minimum Gasteiger partial charge on any atom is -0.370 e. The van der Waals surface area contributed by atoms with E-state index in [0.29, 0.717) is 12.5 Å². The third kappa shape index (κ3) is 3.62. The van der Waals surface area contributed by atoms with Gasteiger partial charge in [-0.25, -0.2) is 9.97 Å². The highest BCUT2D eigenvalue weighted by atomic mass is 16.2. The standard InChI is InChI=1S/C15H25N5O/c1-6-16-13-10(2)15(18-14(17-13)11-7-8-11)20(5)9-12(21)19(3)4/h11H,6-9H2,1-5H3,(H,16,17,18). The van der Waals surface area contributed by atoms with E-state index in [0.717, 1.165) is 42.4 Å². The van der Waals surface area contributed by atoms with E-state index in [4.69, 9.17) is 4.98 Å². The first-order valence-electron chi connectivity index (χ1n) is 7.47. The number of likely N-dealkylation sites (N-methyl/N-ethyl adjacent to an activating group) is 2. The number of nitrogens with zero attached hydrogens (tertiary/aromatic N) is 4. The average molecular weight is 291 g/mol. The Morgan fingerprint density at radius 1 is 1.29 bits per heavy atom. The minimum atomic E-state index is 0.0634. The van der Waals surface area contributed by atoms with E-state index in [-0.39, 0.29) is 5.91 Å². The molecule has 6 nitrogen and oxygen atoms in total. The van der Waals surface area contributed by atoms with E-state index in [1.807, 2.05) is 18.9 Å². The predicted octanol–water partition coefficient (Wildman–Crippen LogP) is 1.62. The Bertz CT molecular complexity index is 525. The molecule has 0 unspecified atom stereocenters. The molecule has 0 bridgehead atoms. The lowest BCUT2D eigenvalue weighted by Gasteiger charge is -2.23. The van der Waals surface area contributed by atoms with Gasteiger partial charge in [-0.2, -0.15) is 0 Å². The van der Waals surface area contributed by atoms with Crippen molar-refractivity contribution in [1.82, 2.24) is 14.9 Å². The highest BCUT2D eigenvalue weighted by Gasteiger charge is 2.29. The Labute approximate surface area is 126 Å². The Morgan fingerprint density at radius 3 is 2.48 bits per heavy atom. The minimum absolute atomic E-state index is 0.0634. The third-order valence-electron chi connectivity index (χ3n) is 3.66. The molecule has 1 aliphatic rings. The van der Waals surface area contributed by atoms with Crippen LogP contribution in [0.1, 0.15) is 37.1 Å². The van der Waals surface area contributed by atoms with E-state index in [2.05, 4.69) is 17.2 Å². The molecule has 1 amide bonds. The van der Waals surface area contributed by atoms with Gasteiger partial charge in [0, 0.05) is 39.2 Å². The van der Waals surface area contributed by atoms with Crippen molar-refractivity contribution in [2.75, 3.05) is 44.4 Å². The maximum absolute atomic E-state index is 11.9. The molecule has 1 heterocycles. The molecule has 0 radical (unpaired) electrons. The van der Waals surface area contributed by atoms with Crippen molar-refractivity contribution in [2.45, 2.75) is 32.6 Å². The monoisotopic (exact) mass is 291 g/mol. The Balaban J connectivity index is 2.29. The molecule has 116 valence electrons. The van der Waals surface area contributed by atoms with Crippen LogP contribution in [-0.2, 0) is 4.79 Å². The molecule has 6 heteroatoms. The first-order chi connectivity index (χ1) is 9.93. The van der Waals surface area contributed by atoms with Gasteiger partial charge in [0.1, 0.15) is 17.5 Å². The van der Waals surface area contributed by atoms with Gasteiger partial charge in [-0.05, 0) is 26.7 Å². The molecule has 1 fully saturated rings. The number of carbonyl (C=O) groups excluding carboxylic acids is 1. The maximum atomic E-state index is 11.9. The van der Waals surface area contributed by atoms with E-state index >= 15 is 0 Å². The zero-order chi connectivity index (χ0) is 15.6. The average Bonchev–Trinajstić information content (AvgIpc) is 3.25. The van der Waals surface area contributed by atoms with Gasteiger partial charge in [-0.1, -0.05) is 0 Å². The van der Waals surface area contributed by atoms with Crippen LogP contribution >= 0.6 is 0 Å². The maximum Gasteiger partial charge on any atom is 0.241 e. The van der Waals surface area contributed by atoms with Crippen molar-refractivity contribution in [3.8, 4) is 0 Å². The molecule has 1 aliphatic carbocycles. The molecule has 1 aromatic heterocycles. The Morgan fingerprint density at radius 2 is 1.95 bits per heavy atom. The largest absolute Gasteiger partial charge is 0.370 e. The molecule has 0 aromatic carbocycles. The molecule has 1 N–H and O–H groups in total. The smallest absolute Gasteiger partial charge is 0.241 e. The van der Waals surface area contributed by atoms with Crippen molar-refractivity contribution in [1.29, 1.82) is 0 Å². The van der Waals surface area contributed by atoms with Gasteiger partial charge >= 0.3 is 0 Å². The van der Waals surface area contributed by atoms with E-state index < -0.39 is 0 Å². The van der Waals surface area contributed by atoms with Gasteiger partial charge in [0.25, 0.3) is 0 Å². The lowest BCUT2D eigenvalue weighted by Crippen LogP contribution is -2.35. The summed E-state index contributed by atoms with van der Waals surface area (Å²) in [4.78, 5) is 24.7. The van der Waals surface area contributed by atoms with Gasteiger partial charge in [0.05, 0.1) is 6.54 Å².